The lowest BCUT2D eigenvalue weighted by Gasteiger charge is -2.28. The third-order valence-electron chi connectivity index (χ3n) is 3.30. The van der Waals surface area contributed by atoms with Crippen LogP contribution >= 0.6 is 0 Å². The number of rotatable bonds is 7. The highest BCUT2D eigenvalue weighted by Crippen LogP contribution is 2.20. The quantitative estimate of drug-likeness (QED) is 0.805. The maximum Gasteiger partial charge on any atom is 0.119 e. The number of hydrogen-bond acceptors (Lipinski definition) is 3. The van der Waals surface area contributed by atoms with Crippen LogP contribution in [0.25, 0.3) is 0 Å². The summed E-state index contributed by atoms with van der Waals surface area (Å²) in [7, 11) is 3.87. The van der Waals surface area contributed by atoms with Gasteiger partial charge in [-0.25, -0.2) is 0 Å². The molecule has 18 heavy (non-hydrogen) atoms. The van der Waals surface area contributed by atoms with Crippen LogP contribution in [0.5, 0.6) is 5.75 Å². The highest BCUT2D eigenvalue weighted by atomic mass is 16.5. The molecule has 0 aliphatic rings. The summed E-state index contributed by atoms with van der Waals surface area (Å²) >= 11 is 0. The van der Waals surface area contributed by atoms with Crippen LogP contribution in [0.1, 0.15) is 32.4 Å². The molecule has 0 bridgehead atoms. The third kappa shape index (κ3) is 4.31. The molecule has 3 nitrogen and oxygen atoms in total. The van der Waals surface area contributed by atoms with Crippen molar-refractivity contribution in [2.24, 2.45) is 0 Å². The standard InChI is InChI=1S/C15H26N2O/c1-6-16-15(11-17(4)12(2)3)13-8-7-9-14(10-13)18-5/h7-10,12,15-16H,6,11H2,1-5H3. The minimum Gasteiger partial charge on any atom is -0.497 e. The lowest BCUT2D eigenvalue weighted by atomic mass is 10.1. The molecule has 0 fully saturated rings. The molecule has 1 aromatic carbocycles. The lowest BCUT2D eigenvalue weighted by molar-refractivity contribution is 0.243. The Balaban J connectivity index is 2.82. The second-order valence-corrected chi connectivity index (χ2v) is 4.92. The zero-order valence-corrected chi connectivity index (χ0v) is 12.2. The van der Waals surface area contributed by atoms with Crippen molar-refractivity contribution in [3.05, 3.63) is 29.8 Å². The number of methoxy groups -OCH3 is 1. The number of ether oxygens (including phenoxy) is 1. The largest absolute Gasteiger partial charge is 0.497 e. The highest BCUT2D eigenvalue weighted by molar-refractivity contribution is 5.30. The summed E-state index contributed by atoms with van der Waals surface area (Å²) in [4.78, 5) is 2.35. The maximum absolute atomic E-state index is 5.29. The van der Waals surface area contributed by atoms with E-state index in [9.17, 15) is 0 Å². The van der Waals surface area contributed by atoms with Crippen LogP contribution in [0.3, 0.4) is 0 Å². The van der Waals surface area contributed by atoms with Gasteiger partial charge < -0.3 is 15.0 Å². The van der Waals surface area contributed by atoms with Crippen molar-refractivity contribution in [1.82, 2.24) is 10.2 Å². The van der Waals surface area contributed by atoms with Crippen molar-refractivity contribution < 1.29 is 4.74 Å². The topological polar surface area (TPSA) is 24.5 Å². The van der Waals surface area contributed by atoms with Crippen molar-refractivity contribution in [2.45, 2.75) is 32.9 Å². The zero-order chi connectivity index (χ0) is 13.5. The van der Waals surface area contributed by atoms with Gasteiger partial charge in [0.1, 0.15) is 5.75 Å². The van der Waals surface area contributed by atoms with Crippen molar-refractivity contribution in [1.29, 1.82) is 0 Å². The molecule has 102 valence electrons. The van der Waals surface area contributed by atoms with E-state index in [2.05, 4.69) is 50.2 Å². The van der Waals surface area contributed by atoms with E-state index in [1.54, 1.807) is 7.11 Å². The fourth-order valence-electron chi connectivity index (χ4n) is 1.89. The number of hydrogen-bond donors (Lipinski definition) is 1. The molecule has 0 aliphatic carbocycles. The van der Waals surface area contributed by atoms with Gasteiger partial charge in [-0.3, -0.25) is 0 Å². The van der Waals surface area contributed by atoms with E-state index in [1.165, 1.54) is 5.56 Å². The van der Waals surface area contributed by atoms with Gasteiger partial charge in [0.2, 0.25) is 0 Å². The Morgan fingerprint density at radius 1 is 1.33 bits per heavy atom. The summed E-state index contributed by atoms with van der Waals surface area (Å²) in [6, 6.07) is 9.20. The van der Waals surface area contributed by atoms with Gasteiger partial charge in [-0.2, -0.15) is 0 Å². The van der Waals surface area contributed by atoms with Crippen LogP contribution in [0.4, 0.5) is 0 Å². The second-order valence-electron chi connectivity index (χ2n) is 4.92. The van der Waals surface area contributed by atoms with E-state index in [0.29, 0.717) is 12.1 Å². The number of nitrogens with zero attached hydrogens (tertiary/aromatic N) is 1. The minimum absolute atomic E-state index is 0.345. The molecule has 0 amide bonds. The third-order valence-corrected chi connectivity index (χ3v) is 3.30. The number of likely N-dealkylation sites (N-methyl/N-ethyl adjacent to an activating group) is 2. The van der Waals surface area contributed by atoms with Crippen LogP contribution in [0, 0.1) is 0 Å². The molecule has 0 aliphatic heterocycles. The van der Waals surface area contributed by atoms with Crippen molar-refractivity contribution in [2.75, 3.05) is 27.2 Å². The second kappa shape index (κ2) is 7.39. The average molecular weight is 250 g/mol. The summed E-state index contributed by atoms with van der Waals surface area (Å²) in [6.45, 7) is 8.54. The van der Waals surface area contributed by atoms with Crippen LogP contribution in [-0.2, 0) is 0 Å². The molecule has 0 aromatic heterocycles. The van der Waals surface area contributed by atoms with E-state index < -0.39 is 0 Å². The highest BCUT2D eigenvalue weighted by Gasteiger charge is 2.15. The minimum atomic E-state index is 0.345. The molecule has 0 heterocycles. The van der Waals surface area contributed by atoms with Gasteiger partial charge in [-0.1, -0.05) is 19.1 Å². The maximum atomic E-state index is 5.29. The van der Waals surface area contributed by atoms with Gasteiger partial charge >= 0.3 is 0 Å². The molecular formula is C15H26N2O. The summed E-state index contributed by atoms with van der Waals surface area (Å²) in [5, 5.41) is 3.54. The Kier molecular flexibility index (Phi) is 6.16. The first kappa shape index (κ1) is 15.0. The van der Waals surface area contributed by atoms with Gasteiger partial charge in [0.05, 0.1) is 7.11 Å². The zero-order valence-electron chi connectivity index (χ0n) is 12.2. The van der Waals surface area contributed by atoms with Crippen molar-refractivity contribution in [3.8, 4) is 5.75 Å². The Morgan fingerprint density at radius 2 is 2.06 bits per heavy atom. The molecule has 1 N–H and O–H groups in total. The smallest absolute Gasteiger partial charge is 0.119 e. The molecule has 1 aromatic rings. The van der Waals surface area contributed by atoms with Gasteiger partial charge in [-0.05, 0) is 45.1 Å². The average Bonchev–Trinajstić information content (AvgIpc) is 2.38. The first-order valence-electron chi connectivity index (χ1n) is 6.66. The number of nitrogens with one attached hydrogen (secondary N) is 1. The summed E-state index contributed by atoms with van der Waals surface area (Å²) in [5.41, 5.74) is 1.28. The molecule has 0 saturated heterocycles. The van der Waals surface area contributed by atoms with E-state index in [4.69, 9.17) is 4.74 Å². The molecule has 1 rings (SSSR count). The van der Waals surface area contributed by atoms with Crippen LogP contribution in [0.15, 0.2) is 24.3 Å². The fourth-order valence-corrected chi connectivity index (χ4v) is 1.89. The normalized spacial score (nSPS) is 13.1. The molecule has 0 spiro atoms. The Labute approximate surface area is 111 Å². The molecule has 0 saturated carbocycles. The lowest BCUT2D eigenvalue weighted by Crippen LogP contribution is -2.36. The van der Waals surface area contributed by atoms with E-state index in [-0.39, 0.29) is 0 Å². The van der Waals surface area contributed by atoms with Crippen molar-refractivity contribution in [3.63, 3.8) is 0 Å². The van der Waals surface area contributed by atoms with Crippen LogP contribution in [-0.4, -0.2) is 38.2 Å². The summed E-state index contributed by atoms with van der Waals surface area (Å²) in [6.07, 6.45) is 0. The molecule has 3 heteroatoms. The summed E-state index contributed by atoms with van der Waals surface area (Å²) in [5.74, 6) is 0.919. The van der Waals surface area contributed by atoms with E-state index >= 15 is 0 Å². The number of benzene rings is 1. The molecular weight excluding hydrogens is 224 g/mol. The molecule has 1 unspecified atom stereocenters. The monoisotopic (exact) mass is 250 g/mol. The van der Waals surface area contributed by atoms with Gasteiger partial charge in [0.25, 0.3) is 0 Å². The van der Waals surface area contributed by atoms with Crippen LogP contribution in [0.2, 0.25) is 0 Å². The Morgan fingerprint density at radius 3 is 2.61 bits per heavy atom. The van der Waals surface area contributed by atoms with Gasteiger partial charge in [0.15, 0.2) is 0 Å². The SMILES string of the molecule is CCNC(CN(C)C(C)C)c1cccc(OC)c1. The first-order valence-corrected chi connectivity index (χ1v) is 6.66. The summed E-state index contributed by atoms with van der Waals surface area (Å²) < 4.78 is 5.29. The molecule has 0 radical (unpaired) electrons. The Hall–Kier alpha value is -1.06. The van der Waals surface area contributed by atoms with Gasteiger partial charge in [0, 0.05) is 18.6 Å². The molecule has 1 atom stereocenters. The van der Waals surface area contributed by atoms with Crippen LogP contribution < -0.4 is 10.1 Å². The predicted molar refractivity (Wildman–Crippen MR) is 77.2 cm³/mol. The van der Waals surface area contributed by atoms with E-state index in [1.807, 2.05) is 12.1 Å². The van der Waals surface area contributed by atoms with E-state index in [0.717, 1.165) is 18.8 Å². The van der Waals surface area contributed by atoms with Crippen molar-refractivity contribution >= 4 is 0 Å². The van der Waals surface area contributed by atoms with Gasteiger partial charge in [-0.15, -0.1) is 0 Å². The first-order chi connectivity index (χ1) is 8.58. The Bertz CT molecular complexity index is 352. The predicted octanol–water partition coefficient (Wildman–Crippen LogP) is 2.69. The fraction of sp³-hybridized carbons (Fsp3) is 0.600.